The van der Waals surface area contributed by atoms with Crippen molar-refractivity contribution >= 4 is 15.9 Å². The van der Waals surface area contributed by atoms with Gasteiger partial charge in [0.25, 0.3) is 0 Å². The maximum atomic E-state index is 13.5. The monoisotopic (exact) mass is 341 g/mol. The summed E-state index contributed by atoms with van der Waals surface area (Å²) in [6.07, 6.45) is 0. The summed E-state index contributed by atoms with van der Waals surface area (Å²) in [5, 5.41) is 3.21. The van der Waals surface area contributed by atoms with E-state index >= 15 is 0 Å². The number of benzene rings is 2. The van der Waals surface area contributed by atoms with Crippen molar-refractivity contribution in [3.8, 4) is 11.5 Å². The minimum absolute atomic E-state index is 0.134. The van der Waals surface area contributed by atoms with E-state index in [-0.39, 0.29) is 5.75 Å². The lowest BCUT2D eigenvalue weighted by molar-refractivity contribution is 0.414. The van der Waals surface area contributed by atoms with Gasteiger partial charge in [0.15, 0.2) is 11.6 Å². The van der Waals surface area contributed by atoms with E-state index in [0.717, 1.165) is 24.7 Å². The molecule has 0 aromatic heterocycles. The highest BCUT2D eigenvalue weighted by atomic mass is 79.9. The molecule has 0 fully saturated rings. The van der Waals surface area contributed by atoms with Gasteiger partial charge in [0.1, 0.15) is 5.75 Å². The van der Waals surface area contributed by atoms with Crippen LogP contribution in [0.2, 0.25) is 0 Å². The molecule has 0 aliphatic carbocycles. The van der Waals surface area contributed by atoms with Gasteiger partial charge in [-0.15, -0.1) is 0 Å². The van der Waals surface area contributed by atoms with Crippen molar-refractivity contribution in [3.05, 3.63) is 58.1 Å². The van der Waals surface area contributed by atoms with Crippen LogP contribution in [-0.2, 0) is 6.54 Å². The summed E-state index contributed by atoms with van der Waals surface area (Å²) in [7, 11) is 0. The summed E-state index contributed by atoms with van der Waals surface area (Å²) in [5.41, 5.74) is 1.07. The Morgan fingerprint density at radius 3 is 2.65 bits per heavy atom. The quantitative estimate of drug-likeness (QED) is 0.856. The third-order valence-corrected chi connectivity index (χ3v) is 3.33. The summed E-state index contributed by atoms with van der Waals surface area (Å²) in [6.45, 7) is 3.65. The fraction of sp³-hybridized carbons (Fsp3) is 0.200. The molecular formula is C15H14BrF2NO. The van der Waals surface area contributed by atoms with Crippen LogP contribution in [0.1, 0.15) is 12.5 Å². The second kappa shape index (κ2) is 6.81. The molecule has 0 saturated carbocycles. The van der Waals surface area contributed by atoms with E-state index in [1.54, 1.807) is 6.07 Å². The number of nitrogens with one attached hydrogen (secondary N) is 1. The maximum absolute atomic E-state index is 13.5. The van der Waals surface area contributed by atoms with Gasteiger partial charge in [-0.1, -0.05) is 19.1 Å². The topological polar surface area (TPSA) is 21.3 Å². The van der Waals surface area contributed by atoms with Gasteiger partial charge in [0.2, 0.25) is 5.82 Å². The van der Waals surface area contributed by atoms with E-state index in [2.05, 4.69) is 21.2 Å². The van der Waals surface area contributed by atoms with Crippen LogP contribution in [0.3, 0.4) is 0 Å². The first-order valence-electron chi connectivity index (χ1n) is 6.23. The fourth-order valence-electron chi connectivity index (χ4n) is 1.69. The highest BCUT2D eigenvalue weighted by Crippen LogP contribution is 2.32. The van der Waals surface area contributed by atoms with Crippen molar-refractivity contribution in [2.45, 2.75) is 13.5 Å². The van der Waals surface area contributed by atoms with Crippen molar-refractivity contribution in [1.29, 1.82) is 0 Å². The van der Waals surface area contributed by atoms with Crippen LogP contribution in [0.15, 0.2) is 40.9 Å². The summed E-state index contributed by atoms with van der Waals surface area (Å²) >= 11 is 3.37. The van der Waals surface area contributed by atoms with Gasteiger partial charge < -0.3 is 10.1 Å². The van der Waals surface area contributed by atoms with Gasteiger partial charge >= 0.3 is 0 Å². The van der Waals surface area contributed by atoms with Crippen LogP contribution in [-0.4, -0.2) is 6.54 Å². The van der Waals surface area contributed by atoms with E-state index < -0.39 is 11.6 Å². The first-order valence-corrected chi connectivity index (χ1v) is 7.02. The molecule has 5 heteroatoms. The molecule has 20 heavy (non-hydrogen) atoms. The van der Waals surface area contributed by atoms with Gasteiger partial charge in [-0.25, -0.2) is 4.39 Å². The molecule has 0 spiro atoms. The van der Waals surface area contributed by atoms with Gasteiger partial charge in [0.05, 0.1) is 4.47 Å². The highest BCUT2D eigenvalue weighted by Gasteiger charge is 2.11. The van der Waals surface area contributed by atoms with Crippen molar-refractivity contribution in [3.63, 3.8) is 0 Å². The SMILES string of the molecule is CCNCc1ccc(Oc2cccc(F)c2F)c(Br)c1. The number of halogens is 3. The molecule has 0 aliphatic heterocycles. The molecule has 1 N–H and O–H groups in total. The molecule has 0 aliphatic rings. The van der Waals surface area contributed by atoms with E-state index in [4.69, 9.17) is 4.74 Å². The van der Waals surface area contributed by atoms with Gasteiger partial charge in [-0.3, -0.25) is 0 Å². The number of hydrogen-bond acceptors (Lipinski definition) is 2. The lowest BCUT2D eigenvalue weighted by atomic mass is 10.2. The van der Waals surface area contributed by atoms with Crippen LogP contribution in [0.25, 0.3) is 0 Å². The van der Waals surface area contributed by atoms with Crippen molar-refractivity contribution < 1.29 is 13.5 Å². The largest absolute Gasteiger partial charge is 0.453 e. The highest BCUT2D eigenvalue weighted by molar-refractivity contribution is 9.10. The lowest BCUT2D eigenvalue weighted by Gasteiger charge is -2.10. The van der Waals surface area contributed by atoms with Crippen LogP contribution in [0.5, 0.6) is 11.5 Å². The molecule has 0 amide bonds. The standard InChI is InChI=1S/C15H14BrF2NO/c1-2-19-9-10-6-7-13(11(16)8-10)20-14-5-3-4-12(17)15(14)18/h3-8,19H,2,9H2,1H3. The predicted octanol–water partition coefficient (Wildman–Crippen LogP) is 4.63. The normalized spacial score (nSPS) is 10.6. The van der Waals surface area contributed by atoms with Crippen molar-refractivity contribution in [1.82, 2.24) is 5.32 Å². The van der Waals surface area contributed by atoms with E-state index in [9.17, 15) is 8.78 Å². The average Bonchev–Trinajstić information content (AvgIpc) is 2.44. The Morgan fingerprint density at radius 1 is 1.15 bits per heavy atom. The Labute approximate surface area is 124 Å². The second-order valence-electron chi connectivity index (χ2n) is 4.20. The molecule has 0 radical (unpaired) electrons. The second-order valence-corrected chi connectivity index (χ2v) is 5.05. The van der Waals surface area contributed by atoms with E-state index in [0.29, 0.717) is 10.2 Å². The molecule has 0 atom stereocenters. The molecule has 2 aromatic rings. The maximum Gasteiger partial charge on any atom is 0.201 e. The first-order chi connectivity index (χ1) is 9.61. The molecular weight excluding hydrogens is 328 g/mol. The van der Waals surface area contributed by atoms with Crippen molar-refractivity contribution in [2.24, 2.45) is 0 Å². The Balaban J connectivity index is 2.19. The third kappa shape index (κ3) is 3.55. The number of hydrogen-bond donors (Lipinski definition) is 1. The first kappa shape index (κ1) is 14.9. The van der Waals surface area contributed by atoms with E-state index in [1.165, 1.54) is 12.1 Å². The lowest BCUT2D eigenvalue weighted by Crippen LogP contribution is -2.11. The zero-order chi connectivity index (χ0) is 14.5. The average molecular weight is 342 g/mol. The molecule has 0 bridgehead atoms. The predicted molar refractivity (Wildman–Crippen MR) is 78.0 cm³/mol. The summed E-state index contributed by atoms with van der Waals surface area (Å²) < 4.78 is 32.7. The van der Waals surface area contributed by atoms with Crippen LogP contribution >= 0.6 is 15.9 Å². The Kier molecular flexibility index (Phi) is 5.09. The Hall–Kier alpha value is -1.46. The minimum Gasteiger partial charge on any atom is -0.453 e. The summed E-state index contributed by atoms with van der Waals surface area (Å²) in [6, 6.07) is 9.32. The molecule has 106 valence electrons. The van der Waals surface area contributed by atoms with Crippen LogP contribution < -0.4 is 10.1 Å². The zero-order valence-corrected chi connectivity index (χ0v) is 12.5. The Morgan fingerprint density at radius 2 is 1.95 bits per heavy atom. The minimum atomic E-state index is -0.990. The summed E-state index contributed by atoms with van der Waals surface area (Å²) in [4.78, 5) is 0. The van der Waals surface area contributed by atoms with Gasteiger partial charge in [0, 0.05) is 6.54 Å². The smallest absolute Gasteiger partial charge is 0.201 e. The fourth-order valence-corrected chi connectivity index (χ4v) is 2.19. The Bertz CT molecular complexity index is 604. The number of rotatable bonds is 5. The molecule has 0 saturated heterocycles. The molecule has 0 unspecified atom stereocenters. The summed E-state index contributed by atoms with van der Waals surface area (Å²) in [5.74, 6) is -1.61. The van der Waals surface area contributed by atoms with Crippen LogP contribution in [0.4, 0.5) is 8.78 Å². The van der Waals surface area contributed by atoms with E-state index in [1.807, 2.05) is 19.1 Å². The molecule has 2 rings (SSSR count). The van der Waals surface area contributed by atoms with Crippen LogP contribution in [0, 0.1) is 11.6 Å². The van der Waals surface area contributed by atoms with Crippen molar-refractivity contribution in [2.75, 3.05) is 6.54 Å². The zero-order valence-electron chi connectivity index (χ0n) is 10.9. The molecule has 2 nitrogen and oxygen atoms in total. The van der Waals surface area contributed by atoms with Gasteiger partial charge in [-0.2, -0.15) is 4.39 Å². The molecule has 0 heterocycles. The van der Waals surface area contributed by atoms with Gasteiger partial charge in [-0.05, 0) is 52.3 Å². The molecule has 2 aromatic carbocycles. The number of ether oxygens (including phenoxy) is 1. The third-order valence-electron chi connectivity index (χ3n) is 2.71.